The average Bonchev–Trinajstić information content (AvgIpc) is 2.88. The monoisotopic (exact) mass is 369 g/mol. The van der Waals surface area contributed by atoms with Crippen molar-refractivity contribution in [3.05, 3.63) is 64.6 Å². The summed E-state index contributed by atoms with van der Waals surface area (Å²) < 4.78 is 5.90. The molecule has 0 N–H and O–H groups in total. The lowest BCUT2D eigenvalue weighted by Crippen LogP contribution is -2.21. The predicted molar refractivity (Wildman–Crippen MR) is 111 cm³/mol. The second kappa shape index (κ2) is 7.50. The van der Waals surface area contributed by atoms with Crippen LogP contribution in [0.4, 0.5) is 0 Å². The summed E-state index contributed by atoms with van der Waals surface area (Å²) in [6.07, 6.45) is 11.3. The van der Waals surface area contributed by atoms with Gasteiger partial charge in [0.25, 0.3) is 0 Å². The Morgan fingerprint density at radius 2 is 2.16 bits per heavy atom. The van der Waals surface area contributed by atoms with Gasteiger partial charge in [-0.3, -0.25) is 0 Å². The first-order valence-electron chi connectivity index (χ1n) is 8.67. The van der Waals surface area contributed by atoms with Crippen LogP contribution in [-0.4, -0.2) is 44.0 Å². The fourth-order valence-corrected chi connectivity index (χ4v) is 5.51. The van der Waals surface area contributed by atoms with Gasteiger partial charge in [-0.05, 0) is 47.8 Å². The highest BCUT2D eigenvalue weighted by molar-refractivity contribution is 8.00. The van der Waals surface area contributed by atoms with Crippen molar-refractivity contribution in [2.75, 3.05) is 33.9 Å². The van der Waals surface area contributed by atoms with Crippen molar-refractivity contribution in [2.45, 2.75) is 10.5 Å². The molecule has 4 aliphatic rings. The molecule has 0 bridgehead atoms. The zero-order valence-corrected chi connectivity index (χ0v) is 16.3. The zero-order valence-electron chi connectivity index (χ0n) is 14.6. The maximum absolute atomic E-state index is 5.90. The van der Waals surface area contributed by atoms with Crippen LogP contribution >= 0.6 is 23.1 Å². The van der Waals surface area contributed by atoms with E-state index in [2.05, 4.69) is 73.0 Å². The molecule has 2 unspecified atom stereocenters. The molecule has 0 amide bonds. The van der Waals surface area contributed by atoms with E-state index in [-0.39, 0.29) is 0 Å². The Labute approximate surface area is 158 Å². The Bertz CT molecular complexity index is 802. The number of hydrogen-bond acceptors (Lipinski definition) is 4. The van der Waals surface area contributed by atoms with E-state index in [0.717, 1.165) is 19.8 Å². The molecule has 0 aromatic heterocycles. The van der Waals surface area contributed by atoms with Crippen molar-refractivity contribution in [1.82, 2.24) is 4.90 Å². The topological polar surface area (TPSA) is 12.5 Å². The Balaban J connectivity index is 1.55. The number of thioether (sulfide) groups is 1. The number of nitrogens with zero attached hydrogens (tertiary/aromatic N) is 1. The van der Waals surface area contributed by atoms with E-state index in [9.17, 15) is 0 Å². The van der Waals surface area contributed by atoms with Crippen molar-refractivity contribution in [1.29, 1.82) is 0 Å². The molecule has 0 spiro atoms. The van der Waals surface area contributed by atoms with Crippen LogP contribution in [0.2, 0.25) is 0 Å². The van der Waals surface area contributed by atoms with Crippen molar-refractivity contribution < 1.29 is 4.74 Å². The highest BCUT2D eigenvalue weighted by atomic mass is 32.2. The van der Waals surface area contributed by atoms with Crippen LogP contribution in [0.25, 0.3) is 16.5 Å². The Morgan fingerprint density at radius 1 is 1.24 bits per heavy atom. The SMILES string of the molecule is CN(C)CCOCC1C=CC2=CC=Cc3c(cc4cccsc3-4)C2S1. The van der Waals surface area contributed by atoms with E-state index in [1.54, 1.807) is 0 Å². The maximum atomic E-state index is 5.90. The summed E-state index contributed by atoms with van der Waals surface area (Å²) >= 11 is 3.85. The summed E-state index contributed by atoms with van der Waals surface area (Å²) in [5.41, 5.74) is 5.60. The van der Waals surface area contributed by atoms with Gasteiger partial charge in [0.05, 0.1) is 18.5 Å². The van der Waals surface area contributed by atoms with Gasteiger partial charge >= 0.3 is 0 Å². The number of fused-ring (bicyclic) bond motifs is 5. The molecule has 25 heavy (non-hydrogen) atoms. The first-order chi connectivity index (χ1) is 12.2. The molecule has 0 fully saturated rings. The molecule has 0 saturated heterocycles. The second-order valence-corrected chi connectivity index (χ2v) is 8.99. The third-order valence-corrected chi connectivity index (χ3v) is 7.01. The highest BCUT2D eigenvalue weighted by Crippen LogP contribution is 2.50. The van der Waals surface area contributed by atoms with E-state index in [1.165, 1.54) is 27.1 Å². The van der Waals surface area contributed by atoms with Crippen LogP contribution in [-0.2, 0) is 4.74 Å². The van der Waals surface area contributed by atoms with Gasteiger partial charge in [0.1, 0.15) is 0 Å². The molecule has 2 nitrogen and oxygen atoms in total. The minimum Gasteiger partial charge on any atom is -0.379 e. The zero-order chi connectivity index (χ0) is 17.2. The quantitative estimate of drug-likeness (QED) is 0.681. The predicted octanol–water partition coefficient (Wildman–Crippen LogP) is 5.10. The molecule has 2 aliphatic carbocycles. The third-order valence-electron chi connectivity index (χ3n) is 4.59. The Morgan fingerprint density at radius 3 is 3.04 bits per heavy atom. The molecule has 2 aliphatic heterocycles. The lowest BCUT2D eigenvalue weighted by molar-refractivity contribution is 0.124. The summed E-state index contributed by atoms with van der Waals surface area (Å²) in [6, 6.07) is 6.75. The second-order valence-electron chi connectivity index (χ2n) is 6.73. The fourth-order valence-electron chi connectivity index (χ4n) is 3.29. The van der Waals surface area contributed by atoms with Gasteiger partial charge in [-0.15, -0.1) is 23.1 Å². The number of hydrogen-bond donors (Lipinski definition) is 0. The first kappa shape index (κ1) is 17.1. The van der Waals surface area contributed by atoms with Gasteiger partial charge in [0.15, 0.2) is 0 Å². The minimum absolute atomic E-state index is 0.400. The van der Waals surface area contributed by atoms with Gasteiger partial charge in [0, 0.05) is 16.7 Å². The third kappa shape index (κ3) is 3.63. The van der Waals surface area contributed by atoms with Crippen LogP contribution < -0.4 is 0 Å². The largest absolute Gasteiger partial charge is 0.379 e. The van der Waals surface area contributed by atoms with Crippen molar-refractivity contribution in [3.63, 3.8) is 0 Å². The molecule has 0 saturated carbocycles. The molecule has 0 aromatic rings. The lowest BCUT2D eigenvalue weighted by atomic mass is 10.0. The number of ether oxygens (including phenoxy) is 1. The van der Waals surface area contributed by atoms with Crippen molar-refractivity contribution >= 4 is 29.2 Å². The van der Waals surface area contributed by atoms with Gasteiger partial charge in [-0.25, -0.2) is 0 Å². The van der Waals surface area contributed by atoms with Crippen LogP contribution in [0.3, 0.4) is 0 Å². The number of rotatable bonds is 5. The summed E-state index contributed by atoms with van der Waals surface area (Å²) in [5, 5.41) is 2.99. The van der Waals surface area contributed by atoms with E-state index in [1.807, 2.05) is 23.1 Å². The minimum atomic E-state index is 0.400. The molecular formula is C21H23NOS2. The van der Waals surface area contributed by atoms with Crippen molar-refractivity contribution in [2.24, 2.45) is 0 Å². The maximum Gasteiger partial charge on any atom is 0.0621 e. The number of likely N-dealkylation sites (N-methyl/N-ethyl adjacent to an activating group) is 1. The van der Waals surface area contributed by atoms with Gasteiger partial charge < -0.3 is 9.64 Å². The molecule has 2 heterocycles. The van der Waals surface area contributed by atoms with Crippen LogP contribution in [0, 0.1) is 0 Å². The molecule has 0 radical (unpaired) electrons. The lowest BCUT2D eigenvalue weighted by Gasteiger charge is -2.26. The summed E-state index contributed by atoms with van der Waals surface area (Å²) in [4.78, 5) is 3.56. The van der Waals surface area contributed by atoms with E-state index in [0.29, 0.717) is 10.5 Å². The van der Waals surface area contributed by atoms with Gasteiger partial charge in [-0.1, -0.05) is 42.5 Å². The Kier molecular flexibility index (Phi) is 5.13. The summed E-state index contributed by atoms with van der Waals surface area (Å²) in [7, 11) is 4.16. The normalized spacial score (nSPS) is 22.0. The molecular weight excluding hydrogens is 346 g/mol. The fraction of sp³-hybridized carbons (Fsp3) is 0.333. The molecule has 130 valence electrons. The van der Waals surface area contributed by atoms with Crippen LogP contribution in [0.1, 0.15) is 16.4 Å². The van der Waals surface area contributed by atoms with Crippen LogP contribution in [0.15, 0.2) is 53.5 Å². The smallest absolute Gasteiger partial charge is 0.0621 e. The molecule has 4 heteroatoms. The van der Waals surface area contributed by atoms with Crippen LogP contribution in [0.5, 0.6) is 0 Å². The Hall–Kier alpha value is -1.33. The van der Waals surface area contributed by atoms with Crippen molar-refractivity contribution in [3.8, 4) is 10.4 Å². The summed E-state index contributed by atoms with van der Waals surface area (Å²) in [5.74, 6) is 0. The standard InChI is InChI=1S/C21H23NOS2/c1-22(2)10-11-23-14-17-9-8-15-5-3-7-18-19(21(15)25-17)13-16-6-4-12-24-20(16)18/h3-9,12-13,17,21H,10-11,14H2,1-2H3. The van der Waals surface area contributed by atoms with Gasteiger partial charge in [0.2, 0.25) is 0 Å². The van der Waals surface area contributed by atoms with E-state index in [4.69, 9.17) is 4.74 Å². The average molecular weight is 370 g/mol. The summed E-state index contributed by atoms with van der Waals surface area (Å²) in [6.45, 7) is 2.55. The molecule has 2 atom stereocenters. The molecule has 4 rings (SSSR count). The first-order valence-corrected chi connectivity index (χ1v) is 10.5. The van der Waals surface area contributed by atoms with E-state index >= 15 is 0 Å². The number of allylic oxidation sites excluding steroid dienone is 3. The highest BCUT2D eigenvalue weighted by Gasteiger charge is 2.29. The van der Waals surface area contributed by atoms with Gasteiger partial charge in [-0.2, -0.15) is 0 Å². The van der Waals surface area contributed by atoms with E-state index < -0.39 is 0 Å². The molecule has 0 aromatic carbocycles.